The summed E-state index contributed by atoms with van der Waals surface area (Å²) < 4.78 is 5.87. The molecule has 1 aromatic heterocycles. The van der Waals surface area contributed by atoms with E-state index >= 15 is 0 Å². The van der Waals surface area contributed by atoms with E-state index in [1.165, 1.54) is 0 Å². The number of anilines is 2. The van der Waals surface area contributed by atoms with Gasteiger partial charge in [-0.3, -0.25) is 9.69 Å². The summed E-state index contributed by atoms with van der Waals surface area (Å²) in [5.74, 6) is -0.00494. The number of nitrogens with zero attached hydrogens (tertiary/aromatic N) is 1. The van der Waals surface area contributed by atoms with Crippen LogP contribution in [0.4, 0.5) is 11.4 Å². The summed E-state index contributed by atoms with van der Waals surface area (Å²) in [6.07, 6.45) is 1.91. The molecule has 6 nitrogen and oxygen atoms in total. The van der Waals surface area contributed by atoms with Gasteiger partial charge in [0, 0.05) is 46.8 Å². The lowest BCUT2D eigenvalue weighted by atomic mass is 10.0. The van der Waals surface area contributed by atoms with Gasteiger partial charge in [-0.1, -0.05) is 35.9 Å². The molecule has 5 rings (SSSR count). The standard InChI is InChI=1S/C27H29N3O3/c1-18-6-8-24(19(14-18)17-31)28-20-10-12-30(13-11-20)16-27(32)29-21-7-9-26-23(15-21)22-4-2-3-5-25(22)33-26/h2-9,14-15,20,28,31H,10-13,16-17H2,1H3,(H,29,32). The molecular weight excluding hydrogens is 414 g/mol. The number of hydrogen-bond acceptors (Lipinski definition) is 5. The molecule has 0 spiro atoms. The van der Waals surface area contributed by atoms with Crippen molar-refractivity contribution < 1.29 is 14.3 Å². The van der Waals surface area contributed by atoms with Crippen LogP contribution in [0.5, 0.6) is 0 Å². The molecule has 0 atom stereocenters. The van der Waals surface area contributed by atoms with Crippen molar-refractivity contribution in [3.05, 3.63) is 71.8 Å². The third-order valence-electron chi connectivity index (χ3n) is 6.41. The minimum atomic E-state index is -0.00494. The molecule has 2 heterocycles. The summed E-state index contributed by atoms with van der Waals surface area (Å²) >= 11 is 0. The lowest BCUT2D eigenvalue weighted by molar-refractivity contribution is -0.117. The van der Waals surface area contributed by atoms with Crippen LogP contribution in [0, 0.1) is 6.92 Å². The van der Waals surface area contributed by atoms with Crippen molar-refractivity contribution >= 4 is 39.2 Å². The topological polar surface area (TPSA) is 77.7 Å². The number of amides is 1. The molecule has 33 heavy (non-hydrogen) atoms. The van der Waals surface area contributed by atoms with E-state index in [-0.39, 0.29) is 12.5 Å². The molecule has 0 radical (unpaired) electrons. The number of fused-ring (bicyclic) bond motifs is 3. The lowest BCUT2D eigenvalue weighted by Gasteiger charge is -2.32. The molecule has 1 fully saturated rings. The number of aliphatic hydroxyl groups is 1. The molecule has 170 valence electrons. The molecule has 4 aromatic rings. The van der Waals surface area contributed by atoms with Gasteiger partial charge in [0.05, 0.1) is 13.2 Å². The van der Waals surface area contributed by atoms with Gasteiger partial charge in [0.15, 0.2) is 0 Å². The van der Waals surface area contributed by atoms with E-state index < -0.39 is 0 Å². The van der Waals surface area contributed by atoms with Gasteiger partial charge < -0.3 is 20.2 Å². The summed E-state index contributed by atoms with van der Waals surface area (Å²) in [5, 5.41) is 18.3. The van der Waals surface area contributed by atoms with Crippen LogP contribution in [0.2, 0.25) is 0 Å². The van der Waals surface area contributed by atoms with E-state index in [4.69, 9.17) is 4.42 Å². The monoisotopic (exact) mass is 443 g/mol. The number of nitrogens with one attached hydrogen (secondary N) is 2. The number of likely N-dealkylation sites (tertiary alicyclic amines) is 1. The van der Waals surface area contributed by atoms with E-state index in [2.05, 4.69) is 21.6 Å². The predicted molar refractivity (Wildman–Crippen MR) is 133 cm³/mol. The Balaban J connectivity index is 1.16. The van der Waals surface area contributed by atoms with Gasteiger partial charge in [0.25, 0.3) is 0 Å². The lowest BCUT2D eigenvalue weighted by Crippen LogP contribution is -2.42. The number of aryl methyl sites for hydroxylation is 1. The molecule has 0 bridgehead atoms. The van der Waals surface area contributed by atoms with Gasteiger partial charge in [-0.05, 0) is 50.1 Å². The fourth-order valence-corrected chi connectivity index (χ4v) is 4.66. The Morgan fingerprint density at radius 3 is 2.64 bits per heavy atom. The van der Waals surface area contributed by atoms with Gasteiger partial charge in [0.2, 0.25) is 5.91 Å². The molecule has 1 aliphatic heterocycles. The molecule has 0 saturated carbocycles. The third kappa shape index (κ3) is 4.72. The van der Waals surface area contributed by atoms with Crippen LogP contribution in [0.1, 0.15) is 24.0 Å². The van der Waals surface area contributed by atoms with Gasteiger partial charge in [-0.2, -0.15) is 0 Å². The van der Waals surface area contributed by atoms with E-state index in [1.807, 2.05) is 61.5 Å². The van der Waals surface area contributed by atoms with Crippen molar-refractivity contribution in [1.82, 2.24) is 4.90 Å². The van der Waals surface area contributed by atoms with Gasteiger partial charge in [-0.15, -0.1) is 0 Å². The van der Waals surface area contributed by atoms with Gasteiger partial charge in [0.1, 0.15) is 11.2 Å². The number of carbonyl (C=O) groups excluding carboxylic acids is 1. The molecule has 1 aliphatic rings. The van der Waals surface area contributed by atoms with Crippen molar-refractivity contribution in [2.75, 3.05) is 30.3 Å². The molecule has 3 N–H and O–H groups in total. The van der Waals surface area contributed by atoms with E-state index in [9.17, 15) is 9.90 Å². The molecule has 3 aromatic carbocycles. The van der Waals surface area contributed by atoms with Crippen LogP contribution in [0.15, 0.2) is 65.1 Å². The quantitative estimate of drug-likeness (QED) is 0.395. The van der Waals surface area contributed by atoms with E-state index in [0.717, 1.165) is 70.4 Å². The number of carbonyl (C=O) groups is 1. The second kappa shape index (κ2) is 9.25. The van der Waals surface area contributed by atoms with Crippen LogP contribution in [0.3, 0.4) is 0 Å². The maximum Gasteiger partial charge on any atom is 0.238 e. The number of benzene rings is 3. The Kier molecular flexibility index (Phi) is 6.03. The van der Waals surface area contributed by atoms with E-state index in [1.54, 1.807) is 0 Å². The van der Waals surface area contributed by atoms with Crippen molar-refractivity contribution in [2.45, 2.75) is 32.4 Å². The summed E-state index contributed by atoms with van der Waals surface area (Å²) in [5.41, 5.74) is 5.53. The highest BCUT2D eigenvalue weighted by Gasteiger charge is 2.21. The highest BCUT2D eigenvalue weighted by molar-refractivity contribution is 6.07. The summed E-state index contributed by atoms with van der Waals surface area (Å²) in [6.45, 7) is 4.16. The van der Waals surface area contributed by atoms with Crippen LogP contribution in [-0.4, -0.2) is 41.6 Å². The number of rotatable bonds is 6. The Bertz CT molecular complexity index is 1290. The Morgan fingerprint density at radius 2 is 1.82 bits per heavy atom. The molecule has 0 aliphatic carbocycles. The van der Waals surface area contributed by atoms with Crippen LogP contribution < -0.4 is 10.6 Å². The molecular formula is C27H29N3O3. The summed E-state index contributed by atoms with van der Waals surface area (Å²) in [6, 6.07) is 20.2. The minimum absolute atomic E-state index is 0.00494. The fourth-order valence-electron chi connectivity index (χ4n) is 4.66. The zero-order chi connectivity index (χ0) is 22.8. The third-order valence-corrected chi connectivity index (χ3v) is 6.41. The summed E-state index contributed by atoms with van der Waals surface area (Å²) in [7, 11) is 0. The average molecular weight is 444 g/mol. The van der Waals surface area contributed by atoms with Crippen molar-refractivity contribution in [3.63, 3.8) is 0 Å². The maximum atomic E-state index is 12.7. The normalized spacial score (nSPS) is 15.2. The van der Waals surface area contributed by atoms with Crippen LogP contribution >= 0.6 is 0 Å². The Labute approximate surface area is 193 Å². The maximum absolute atomic E-state index is 12.7. The molecule has 0 unspecified atom stereocenters. The molecule has 1 saturated heterocycles. The van der Waals surface area contributed by atoms with Crippen molar-refractivity contribution in [2.24, 2.45) is 0 Å². The van der Waals surface area contributed by atoms with E-state index in [0.29, 0.717) is 12.6 Å². The first-order valence-electron chi connectivity index (χ1n) is 11.5. The number of aliphatic hydroxyl groups excluding tert-OH is 1. The van der Waals surface area contributed by atoms with Gasteiger partial charge in [-0.25, -0.2) is 0 Å². The predicted octanol–water partition coefficient (Wildman–Crippen LogP) is 4.90. The zero-order valence-corrected chi connectivity index (χ0v) is 18.8. The number of piperidine rings is 1. The van der Waals surface area contributed by atoms with Crippen LogP contribution in [0.25, 0.3) is 21.9 Å². The van der Waals surface area contributed by atoms with Crippen molar-refractivity contribution in [3.8, 4) is 0 Å². The highest BCUT2D eigenvalue weighted by atomic mass is 16.3. The number of para-hydroxylation sites is 1. The Hall–Kier alpha value is -3.35. The summed E-state index contributed by atoms with van der Waals surface area (Å²) in [4.78, 5) is 14.9. The first-order chi connectivity index (χ1) is 16.1. The minimum Gasteiger partial charge on any atom is -0.456 e. The van der Waals surface area contributed by atoms with Crippen LogP contribution in [-0.2, 0) is 11.4 Å². The Morgan fingerprint density at radius 1 is 1.03 bits per heavy atom. The largest absolute Gasteiger partial charge is 0.456 e. The number of furan rings is 1. The number of hydrogen-bond donors (Lipinski definition) is 3. The molecule has 1 amide bonds. The zero-order valence-electron chi connectivity index (χ0n) is 18.8. The second-order valence-electron chi connectivity index (χ2n) is 8.87. The fraction of sp³-hybridized carbons (Fsp3) is 0.296. The smallest absolute Gasteiger partial charge is 0.238 e. The first kappa shape index (κ1) is 21.5. The average Bonchev–Trinajstić information content (AvgIpc) is 3.19. The molecule has 6 heteroatoms. The SMILES string of the molecule is Cc1ccc(NC2CCN(CC(=O)Nc3ccc4oc5ccccc5c4c3)CC2)c(CO)c1. The highest BCUT2D eigenvalue weighted by Crippen LogP contribution is 2.30. The van der Waals surface area contributed by atoms with Gasteiger partial charge >= 0.3 is 0 Å². The second-order valence-corrected chi connectivity index (χ2v) is 8.87. The van der Waals surface area contributed by atoms with Crippen molar-refractivity contribution in [1.29, 1.82) is 0 Å². The first-order valence-corrected chi connectivity index (χ1v) is 11.5.